The Kier molecular flexibility index (Phi) is 6.19. The van der Waals surface area contributed by atoms with Crippen LogP contribution in [0.3, 0.4) is 0 Å². The normalized spacial score (nSPS) is 14.8. The van der Waals surface area contributed by atoms with Crippen molar-refractivity contribution in [2.45, 2.75) is 38.8 Å². The number of fused-ring (bicyclic) bond motifs is 1. The second-order valence-electron chi connectivity index (χ2n) is 8.23. The molecule has 0 aliphatic carbocycles. The van der Waals surface area contributed by atoms with Gasteiger partial charge in [-0.3, -0.25) is 0 Å². The summed E-state index contributed by atoms with van der Waals surface area (Å²) in [6.45, 7) is 5.53. The van der Waals surface area contributed by atoms with Gasteiger partial charge in [0, 0.05) is 25.0 Å². The van der Waals surface area contributed by atoms with Crippen LogP contribution < -0.4 is 14.8 Å². The van der Waals surface area contributed by atoms with Gasteiger partial charge < -0.3 is 23.9 Å². The maximum absolute atomic E-state index is 6.16. The second-order valence-corrected chi connectivity index (χ2v) is 9.18. The number of aromatic nitrogens is 3. The highest BCUT2D eigenvalue weighted by atomic mass is 32.1. The standard InChI is InChI=1S/C25H30N4O2S/c1-3-18-17-27-25(23-16-24-22(28(23)2)9-14-32-24)29(18)12-13-30-20-5-4-6-21(15-20)31-19-7-10-26-11-8-19/h4-6,9,14-17,19,26H,3,7-8,10-13H2,1-2H3. The highest BCUT2D eigenvalue weighted by Gasteiger charge is 2.17. The predicted molar refractivity (Wildman–Crippen MR) is 130 cm³/mol. The van der Waals surface area contributed by atoms with Crippen LogP contribution in [0.4, 0.5) is 0 Å². The van der Waals surface area contributed by atoms with Crippen LogP contribution in [0.2, 0.25) is 0 Å². The zero-order valence-corrected chi connectivity index (χ0v) is 19.5. The lowest BCUT2D eigenvalue weighted by Gasteiger charge is -2.24. The fraction of sp³-hybridized carbons (Fsp3) is 0.400. The Balaban J connectivity index is 1.28. The molecule has 0 bridgehead atoms. The molecule has 4 heterocycles. The van der Waals surface area contributed by atoms with Crippen molar-refractivity contribution in [1.82, 2.24) is 19.4 Å². The van der Waals surface area contributed by atoms with E-state index in [4.69, 9.17) is 14.5 Å². The molecule has 1 fully saturated rings. The molecule has 1 aliphatic heterocycles. The summed E-state index contributed by atoms with van der Waals surface area (Å²) < 4.78 is 18.1. The predicted octanol–water partition coefficient (Wildman–Crippen LogP) is 4.88. The average molecular weight is 451 g/mol. The molecule has 1 saturated heterocycles. The first-order valence-electron chi connectivity index (χ1n) is 11.4. The molecule has 0 spiro atoms. The van der Waals surface area contributed by atoms with Crippen LogP contribution in [-0.2, 0) is 20.0 Å². The third-order valence-electron chi connectivity index (χ3n) is 6.17. The van der Waals surface area contributed by atoms with E-state index in [1.165, 1.54) is 15.9 Å². The van der Waals surface area contributed by atoms with Crippen LogP contribution in [0.25, 0.3) is 21.7 Å². The molecule has 1 N–H and O–H groups in total. The van der Waals surface area contributed by atoms with Gasteiger partial charge in [0.15, 0.2) is 5.82 Å². The molecule has 7 heteroatoms. The first-order valence-corrected chi connectivity index (χ1v) is 12.3. The molecular weight excluding hydrogens is 420 g/mol. The minimum absolute atomic E-state index is 0.284. The first kappa shape index (κ1) is 21.1. The van der Waals surface area contributed by atoms with Crippen molar-refractivity contribution in [3.8, 4) is 23.0 Å². The molecule has 3 aromatic heterocycles. The quantitative estimate of drug-likeness (QED) is 0.416. The Hall–Kier alpha value is -2.77. The summed E-state index contributed by atoms with van der Waals surface area (Å²) in [7, 11) is 2.11. The van der Waals surface area contributed by atoms with E-state index in [0.717, 1.165) is 61.9 Å². The number of ether oxygens (including phenoxy) is 2. The van der Waals surface area contributed by atoms with E-state index in [9.17, 15) is 0 Å². The topological polar surface area (TPSA) is 53.2 Å². The zero-order valence-electron chi connectivity index (χ0n) is 18.7. The van der Waals surface area contributed by atoms with Crippen molar-refractivity contribution in [2.75, 3.05) is 19.7 Å². The molecule has 0 radical (unpaired) electrons. The van der Waals surface area contributed by atoms with Crippen LogP contribution in [-0.4, -0.2) is 39.9 Å². The molecule has 32 heavy (non-hydrogen) atoms. The van der Waals surface area contributed by atoms with Gasteiger partial charge in [0.1, 0.15) is 24.2 Å². The second kappa shape index (κ2) is 9.38. The van der Waals surface area contributed by atoms with Crippen molar-refractivity contribution >= 4 is 21.6 Å². The van der Waals surface area contributed by atoms with Crippen molar-refractivity contribution in [1.29, 1.82) is 0 Å². The molecule has 6 nitrogen and oxygen atoms in total. The maximum atomic E-state index is 6.16. The van der Waals surface area contributed by atoms with Crippen LogP contribution in [0.15, 0.2) is 48.0 Å². The molecule has 1 aromatic carbocycles. The number of hydrogen-bond donors (Lipinski definition) is 1. The number of aryl methyl sites for hydroxylation is 2. The monoisotopic (exact) mass is 450 g/mol. The summed E-state index contributed by atoms with van der Waals surface area (Å²) in [5.41, 5.74) is 3.61. The lowest BCUT2D eigenvalue weighted by atomic mass is 10.1. The number of hydrogen-bond acceptors (Lipinski definition) is 5. The van der Waals surface area contributed by atoms with Gasteiger partial charge in [-0.1, -0.05) is 13.0 Å². The lowest BCUT2D eigenvalue weighted by Crippen LogP contribution is -2.34. The molecule has 0 amide bonds. The average Bonchev–Trinajstić information content (AvgIpc) is 3.51. The molecule has 1 aliphatic rings. The maximum Gasteiger partial charge on any atom is 0.157 e. The molecule has 0 unspecified atom stereocenters. The summed E-state index contributed by atoms with van der Waals surface area (Å²) in [4.78, 5) is 4.76. The van der Waals surface area contributed by atoms with Gasteiger partial charge in [0.2, 0.25) is 0 Å². The van der Waals surface area contributed by atoms with Crippen molar-refractivity contribution in [3.63, 3.8) is 0 Å². The van der Waals surface area contributed by atoms with E-state index < -0.39 is 0 Å². The van der Waals surface area contributed by atoms with E-state index in [1.54, 1.807) is 11.3 Å². The SMILES string of the molecule is CCc1cnc(-c2cc3sccc3n2C)n1CCOc1cccc(OC2CCNCC2)c1. The van der Waals surface area contributed by atoms with E-state index in [0.29, 0.717) is 6.61 Å². The number of nitrogens with one attached hydrogen (secondary N) is 1. The third-order valence-corrected chi connectivity index (χ3v) is 7.02. The van der Waals surface area contributed by atoms with Gasteiger partial charge in [-0.15, -0.1) is 11.3 Å². The van der Waals surface area contributed by atoms with E-state index >= 15 is 0 Å². The minimum Gasteiger partial charge on any atom is -0.492 e. The van der Waals surface area contributed by atoms with Crippen molar-refractivity contribution in [3.05, 3.63) is 53.7 Å². The number of imidazole rings is 1. The first-order chi connectivity index (χ1) is 15.7. The smallest absolute Gasteiger partial charge is 0.157 e. The Labute approximate surface area is 192 Å². The minimum atomic E-state index is 0.284. The Morgan fingerprint density at radius 3 is 2.81 bits per heavy atom. The summed E-state index contributed by atoms with van der Waals surface area (Å²) in [5, 5.41) is 5.51. The summed E-state index contributed by atoms with van der Waals surface area (Å²) >= 11 is 1.77. The zero-order chi connectivity index (χ0) is 21.9. The Bertz CT molecular complexity index is 1190. The largest absolute Gasteiger partial charge is 0.492 e. The van der Waals surface area contributed by atoms with E-state index in [2.05, 4.69) is 45.9 Å². The van der Waals surface area contributed by atoms with Gasteiger partial charge in [-0.25, -0.2) is 4.98 Å². The van der Waals surface area contributed by atoms with Crippen LogP contribution in [0, 0.1) is 0 Å². The molecule has 168 valence electrons. The van der Waals surface area contributed by atoms with Gasteiger partial charge in [-0.05, 0) is 62.0 Å². The number of nitrogens with zero attached hydrogens (tertiary/aromatic N) is 3. The van der Waals surface area contributed by atoms with Crippen molar-refractivity contribution < 1.29 is 9.47 Å². The number of benzene rings is 1. The summed E-state index contributed by atoms with van der Waals surface area (Å²) in [6, 6.07) is 12.4. The molecule has 0 atom stereocenters. The third kappa shape index (κ3) is 4.27. The van der Waals surface area contributed by atoms with E-state index in [-0.39, 0.29) is 6.10 Å². The van der Waals surface area contributed by atoms with Crippen LogP contribution >= 0.6 is 11.3 Å². The molecule has 4 aromatic rings. The van der Waals surface area contributed by atoms with Crippen LogP contribution in [0.1, 0.15) is 25.5 Å². The lowest BCUT2D eigenvalue weighted by molar-refractivity contribution is 0.161. The number of piperidine rings is 1. The van der Waals surface area contributed by atoms with Gasteiger partial charge in [0.25, 0.3) is 0 Å². The van der Waals surface area contributed by atoms with E-state index in [1.807, 2.05) is 30.5 Å². The summed E-state index contributed by atoms with van der Waals surface area (Å²) in [6.07, 6.45) is 5.30. The highest BCUT2D eigenvalue weighted by Crippen LogP contribution is 2.30. The van der Waals surface area contributed by atoms with Crippen molar-refractivity contribution in [2.24, 2.45) is 7.05 Å². The molecule has 5 rings (SSSR count). The summed E-state index contributed by atoms with van der Waals surface area (Å²) in [5.74, 6) is 2.73. The molecule has 0 saturated carbocycles. The Morgan fingerprint density at radius 1 is 1.16 bits per heavy atom. The Morgan fingerprint density at radius 2 is 2.00 bits per heavy atom. The van der Waals surface area contributed by atoms with Gasteiger partial charge in [-0.2, -0.15) is 0 Å². The van der Waals surface area contributed by atoms with Gasteiger partial charge >= 0.3 is 0 Å². The number of rotatable bonds is 8. The molecular formula is C25H30N4O2S. The number of thiophene rings is 1. The van der Waals surface area contributed by atoms with Crippen LogP contribution in [0.5, 0.6) is 11.5 Å². The fourth-order valence-electron chi connectivity index (χ4n) is 4.41. The van der Waals surface area contributed by atoms with Gasteiger partial charge in [0.05, 0.1) is 22.5 Å². The highest BCUT2D eigenvalue weighted by molar-refractivity contribution is 7.17. The fourth-order valence-corrected chi connectivity index (χ4v) is 5.26.